The van der Waals surface area contributed by atoms with Crippen LogP contribution in [0.4, 0.5) is 11.4 Å². The number of aromatic nitrogens is 1. The number of benzene rings is 2. The molecule has 0 aliphatic heterocycles. The zero-order valence-corrected chi connectivity index (χ0v) is 13.9. The fourth-order valence-corrected chi connectivity index (χ4v) is 2.62. The molecule has 0 N–H and O–H groups in total. The molecule has 8 heteroatoms. The second-order valence-corrected chi connectivity index (χ2v) is 5.56. The van der Waals surface area contributed by atoms with E-state index in [0.717, 1.165) is 0 Å². The number of rotatable bonds is 5. The molecule has 132 valence electrons. The molecule has 27 heavy (non-hydrogen) atoms. The quantitative estimate of drug-likeness (QED) is 0.381. The molecule has 0 spiro atoms. The Morgan fingerprint density at radius 1 is 0.963 bits per heavy atom. The lowest BCUT2D eigenvalue weighted by Crippen LogP contribution is -1.97. The van der Waals surface area contributed by atoms with E-state index in [1.54, 1.807) is 47.2 Å². The van der Waals surface area contributed by atoms with E-state index in [4.69, 9.17) is 0 Å². The standard InChI is InChI=1S/C19H12N4O4/c20-13-15(14-4-1-6-18(10-14)22(24)25)11-16-8-3-9-21(16)17-5-2-7-19(12-17)23(26)27/h1-12H. The Morgan fingerprint density at radius 3 is 2.30 bits per heavy atom. The Morgan fingerprint density at radius 2 is 1.63 bits per heavy atom. The molecule has 3 rings (SSSR count). The minimum Gasteiger partial charge on any atom is -0.317 e. The summed E-state index contributed by atoms with van der Waals surface area (Å²) in [5, 5.41) is 31.4. The summed E-state index contributed by atoms with van der Waals surface area (Å²) < 4.78 is 1.70. The molecule has 0 saturated carbocycles. The second-order valence-electron chi connectivity index (χ2n) is 5.56. The summed E-state index contributed by atoms with van der Waals surface area (Å²) in [4.78, 5) is 20.9. The summed E-state index contributed by atoms with van der Waals surface area (Å²) in [6.07, 6.45) is 3.30. The van der Waals surface area contributed by atoms with Gasteiger partial charge in [-0.15, -0.1) is 0 Å². The first-order valence-corrected chi connectivity index (χ1v) is 7.78. The van der Waals surface area contributed by atoms with E-state index < -0.39 is 9.85 Å². The van der Waals surface area contributed by atoms with Gasteiger partial charge in [-0.2, -0.15) is 5.26 Å². The number of nitro benzene ring substituents is 2. The van der Waals surface area contributed by atoms with Crippen molar-refractivity contribution in [3.05, 3.63) is 98.3 Å². The molecule has 0 amide bonds. The zero-order valence-electron chi connectivity index (χ0n) is 13.9. The molecule has 3 aromatic rings. The van der Waals surface area contributed by atoms with E-state index in [1.807, 2.05) is 6.07 Å². The van der Waals surface area contributed by atoms with Gasteiger partial charge in [0, 0.05) is 36.2 Å². The van der Waals surface area contributed by atoms with Gasteiger partial charge in [-0.1, -0.05) is 18.2 Å². The van der Waals surface area contributed by atoms with E-state index in [0.29, 0.717) is 16.9 Å². The van der Waals surface area contributed by atoms with Crippen molar-refractivity contribution in [2.75, 3.05) is 0 Å². The van der Waals surface area contributed by atoms with Crippen LogP contribution in [0, 0.1) is 31.6 Å². The van der Waals surface area contributed by atoms with Gasteiger partial charge in [-0.25, -0.2) is 0 Å². The number of allylic oxidation sites excluding steroid dienone is 1. The van der Waals surface area contributed by atoms with Gasteiger partial charge in [0.25, 0.3) is 11.4 Å². The Labute approximate surface area is 153 Å². The van der Waals surface area contributed by atoms with Crippen LogP contribution in [0.5, 0.6) is 0 Å². The smallest absolute Gasteiger partial charge is 0.271 e. The van der Waals surface area contributed by atoms with Crippen molar-refractivity contribution in [3.63, 3.8) is 0 Å². The van der Waals surface area contributed by atoms with E-state index >= 15 is 0 Å². The molecule has 0 unspecified atom stereocenters. The summed E-state index contributed by atoms with van der Waals surface area (Å²) in [5.41, 5.74) is 1.68. The van der Waals surface area contributed by atoms with Gasteiger partial charge in [0.2, 0.25) is 0 Å². The van der Waals surface area contributed by atoms with Gasteiger partial charge in [-0.3, -0.25) is 20.2 Å². The summed E-state index contributed by atoms with van der Waals surface area (Å²) in [5.74, 6) is 0. The maximum Gasteiger partial charge on any atom is 0.271 e. The van der Waals surface area contributed by atoms with Crippen LogP contribution < -0.4 is 0 Å². The lowest BCUT2D eigenvalue weighted by molar-refractivity contribution is -0.385. The largest absolute Gasteiger partial charge is 0.317 e. The van der Waals surface area contributed by atoms with E-state index in [1.165, 1.54) is 30.3 Å². The molecule has 0 aliphatic rings. The average Bonchev–Trinajstić information content (AvgIpc) is 3.14. The van der Waals surface area contributed by atoms with Crippen LogP contribution >= 0.6 is 0 Å². The number of nitriles is 1. The predicted octanol–water partition coefficient (Wildman–Crippen LogP) is 4.36. The number of nitrogens with zero attached hydrogens (tertiary/aromatic N) is 4. The highest BCUT2D eigenvalue weighted by atomic mass is 16.6. The maximum absolute atomic E-state index is 11.0. The van der Waals surface area contributed by atoms with Crippen LogP contribution in [0.1, 0.15) is 11.3 Å². The molecule has 0 radical (unpaired) electrons. The van der Waals surface area contributed by atoms with Crippen LogP contribution in [0.3, 0.4) is 0 Å². The third-order valence-corrected chi connectivity index (χ3v) is 3.88. The highest BCUT2D eigenvalue weighted by molar-refractivity contribution is 5.89. The highest BCUT2D eigenvalue weighted by Gasteiger charge is 2.11. The van der Waals surface area contributed by atoms with E-state index in [-0.39, 0.29) is 16.9 Å². The Bertz CT molecular complexity index is 1110. The van der Waals surface area contributed by atoms with Crippen LogP contribution in [0.2, 0.25) is 0 Å². The topological polar surface area (TPSA) is 115 Å². The number of hydrogen-bond acceptors (Lipinski definition) is 5. The molecular weight excluding hydrogens is 348 g/mol. The van der Waals surface area contributed by atoms with Crippen LogP contribution in [-0.2, 0) is 0 Å². The number of nitro groups is 2. The van der Waals surface area contributed by atoms with Gasteiger partial charge >= 0.3 is 0 Å². The fourth-order valence-electron chi connectivity index (χ4n) is 2.62. The molecular formula is C19H12N4O4. The second kappa shape index (κ2) is 7.33. The lowest BCUT2D eigenvalue weighted by Gasteiger charge is -2.07. The molecule has 8 nitrogen and oxygen atoms in total. The molecule has 0 atom stereocenters. The highest BCUT2D eigenvalue weighted by Crippen LogP contribution is 2.24. The van der Waals surface area contributed by atoms with Gasteiger partial charge < -0.3 is 4.57 Å². The van der Waals surface area contributed by atoms with Crippen molar-refractivity contribution in [1.82, 2.24) is 4.57 Å². The third kappa shape index (κ3) is 3.72. The average molecular weight is 360 g/mol. The first-order valence-electron chi connectivity index (χ1n) is 7.78. The fraction of sp³-hybridized carbons (Fsp3) is 0. The van der Waals surface area contributed by atoms with Crippen LogP contribution in [-0.4, -0.2) is 14.4 Å². The van der Waals surface area contributed by atoms with Crippen molar-refractivity contribution in [1.29, 1.82) is 5.26 Å². The van der Waals surface area contributed by atoms with Gasteiger partial charge in [0.05, 0.1) is 27.2 Å². The molecule has 1 aromatic heterocycles. The maximum atomic E-state index is 11.0. The Hall–Kier alpha value is -4.25. The van der Waals surface area contributed by atoms with Crippen molar-refractivity contribution < 1.29 is 9.85 Å². The van der Waals surface area contributed by atoms with Gasteiger partial charge in [0.15, 0.2) is 0 Å². The monoisotopic (exact) mass is 360 g/mol. The first kappa shape index (κ1) is 17.6. The lowest BCUT2D eigenvalue weighted by atomic mass is 10.1. The summed E-state index contributed by atoms with van der Waals surface area (Å²) >= 11 is 0. The van der Waals surface area contributed by atoms with Crippen molar-refractivity contribution in [3.8, 4) is 11.8 Å². The number of non-ortho nitro benzene ring substituents is 2. The van der Waals surface area contributed by atoms with Crippen LogP contribution in [0.15, 0.2) is 66.9 Å². The van der Waals surface area contributed by atoms with Crippen molar-refractivity contribution in [2.45, 2.75) is 0 Å². The normalized spacial score (nSPS) is 11.0. The minimum absolute atomic E-state index is 0.0460. The van der Waals surface area contributed by atoms with Gasteiger partial charge in [-0.05, 0) is 29.8 Å². The summed E-state index contributed by atoms with van der Waals surface area (Å²) in [7, 11) is 0. The molecule has 1 heterocycles. The SMILES string of the molecule is N#CC(=Cc1cccn1-c1cccc([N+](=O)[O-])c1)c1cccc([N+](=O)[O-])c1. The predicted molar refractivity (Wildman–Crippen MR) is 99.0 cm³/mol. The van der Waals surface area contributed by atoms with Gasteiger partial charge in [0.1, 0.15) is 0 Å². The zero-order chi connectivity index (χ0) is 19.4. The van der Waals surface area contributed by atoms with Crippen molar-refractivity contribution in [2.24, 2.45) is 0 Å². The molecule has 2 aromatic carbocycles. The minimum atomic E-state index is -0.524. The first-order chi connectivity index (χ1) is 13.0. The molecule has 0 fully saturated rings. The van der Waals surface area contributed by atoms with E-state index in [9.17, 15) is 25.5 Å². The summed E-state index contributed by atoms with van der Waals surface area (Å²) in [6, 6.07) is 17.5. The molecule has 0 saturated heterocycles. The number of hydrogen-bond donors (Lipinski definition) is 0. The Kier molecular flexibility index (Phi) is 4.77. The third-order valence-electron chi connectivity index (χ3n) is 3.88. The molecule has 0 bridgehead atoms. The summed E-state index contributed by atoms with van der Waals surface area (Å²) in [6.45, 7) is 0. The van der Waals surface area contributed by atoms with E-state index in [2.05, 4.69) is 0 Å². The van der Waals surface area contributed by atoms with Crippen molar-refractivity contribution >= 4 is 23.0 Å². The molecule has 0 aliphatic carbocycles. The Balaban J connectivity index is 2.05. The van der Waals surface area contributed by atoms with Crippen LogP contribution in [0.25, 0.3) is 17.3 Å².